The third-order valence-electron chi connectivity index (χ3n) is 4.86. The van der Waals surface area contributed by atoms with Crippen molar-refractivity contribution in [3.8, 4) is 11.4 Å². The summed E-state index contributed by atoms with van der Waals surface area (Å²) in [4.78, 5) is 14.8. The molecule has 1 fully saturated rings. The molecule has 1 aliphatic heterocycles. The van der Waals surface area contributed by atoms with Crippen LogP contribution in [0.3, 0.4) is 0 Å². The Labute approximate surface area is 157 Å². The Morgan fingerprint density at radius 2 is 2.00 bits per heavy atom. The van der Waals surface area contributed by atoms with E-state index in [1.54, 1.807) is 41.3 Å². The number of phenolic OH excluding ortho intramolecular Hbond substituents is 1. The molecule has 2 N–H and O–H groups in total. The fraction of sp³-hybridized carbons (Fsp3) is 0.316. The number of carbonyl (C=O) groups excluding carboxylic acids is 1. The first-order valence-electron chi connectivity index (χ1n) is 8.96. The number of likely N-dealkylation sites (tertiary alicyclic amines) is 1. The first-order valence-corrected chi connectivity index (χ1v) is 8.96. The van der Waals surface area contributed by atoms with Crippen LogP contribution in [0.1, 0.15) is 29.2 Å². The average molecular weight is 366 g/mol. The van der Waals surface area contributed by atoms with Crippen LogP contribution in [-0.4, -0.2) is 55.6 Å². The van der Waals surface area contributed by atoms with E-state index in [9.17, 15) is 9.90 Å². The van der Waals surface area contributed by atoms with Gasteiger partial charge in [0.1, 0.15) is 5.75 Å². The molecular weight excluding hydrogens is 344 g/mol. The molecule has 2 aromatic heterocycles. The Morgan fingerprint density at radius 3 is 2.78 bits per heavy atom. The predicted octanol–water partition coefficient (Wildman–Crippen LogP) is 2.29. The second-order valence-corrected chi connectivity index (χ2v) is 6.89. The Bertz CT molecular complexity index is 939. The van der Waals surface area contributed by atoms with Crippen LogP contribution in [0.4, 0.5) is 5.69 Å². The molecule has 0 unspecified atom stereocenters. The van der Waals surface area contributed by atoms with Gasteiger partial charge in [0.15, 0.2) is 0 Å². The van der Waals surface area contributed by atoms with Crippen LogP contribution in [0.25, 0.3) is 5.69 Å². The lowest BCUT2D eigenvalue weighted by atomic mass is 10.1. The van der Waals surface area contributed by atoms with Gasteiger partial charge in [0.2, 0.25) is 0 Å². The van der Waals surface area contributed by atoms with Crippen molar-refractivity contribution < 1.29 is 9.90 Å². The number of nitrogens with zero attached hydrogens (tertiary/aromatic N) is 5. The quantitative estimate of drug-likeness (QED) is 0.740. The maximum atomic E-state index is 12.5. The standard InChI is InChI=1S/C19H22N6O2/c1-23-7-5-16(6-8-23)25-13-15(11-21-25)22-19(27)14-10-20-24(12-14)17-3-2-4-18(26)9-17/h2-4,9-13,16,26H,5-8H2,1H3,(H,22,27). The largest absolute Gasteiger partial charge is 0.508 e. The van der Waals surface area contributed by atoms with Crippen LogP contribution >= 0.6 is 0 Å². The van der Waals surface area contributed by atoms with Crippen molar-refractivity contribution in [1.29, 1.82) is 0 Å². The summed E-state index contributed by atoms with van der Waals surface area (Å²) >= 11 is 0. The van der Waals surface area contributed by atoms with E-state index in [-0.39, 0.29) is 11.7 Å². The zero-order chi connectivity index (χ0) is 18.8. The summed E-state index contributed by atoms with van der Waals surface area (Å²) in [5.41, 5.74) is 1.79. The number of aromatic hydroxyl groups is 1. The minimum Gasteiger partial charge on any atom is -0.508 e. The van der Waals surface area contributed by atoms with Gasteiger partial charge >= 0.3 is 0 Å². The van der Waals surface area contributed by atoms with Gasteiger partial charge < -0.3 is 15.3 Å². The summed E-state index contributed by atoms with van der Waals surface area (Å²) in [5, 5.41) is 21.0. The van der Waals surface area contributed by atoms with Crippen LogP contribution in [-0.2, 0) is 0 Å². The van der Waals surface area contributed by atoms with Gasteiger partial charge in [-0.3, -0.25) is 9.48 Å². The molecule has 0 spiro atoms. The van der Waals surface area contributed by atoms with Gasteiger partial charge in [0.05, 0.1) is 35.4 Å². The van der Waals surface area contributed by atoms with Crippen molar-refractivity contribution in [2.75, 3.05) is 25.5 Å². The van der Waals surface area contributed by atoms with Crippen LogP contribution in [0, 0.1) is 0 Å². The Hall–Kier alpha value is -3.13. The SMILES string of the molecule is CN1CCC(n2cc(NC(=O)c3cnn(-c4cccc(O)c4)c3)cn2)CC1. The highest BCUT2D eigenvalue weighted by Crippen LogP contribution is 2.22. The molecule has 0 bridgehead atoms. The highest BCUT2D eigenvalue weighted by molar-refractivity contribution is 6.03. The molecule has 0 aliphatic carbocycles. The number of benzene rings is 1. The number of nitrogens with one attached hydrogen (secondary N) is 1. The minimum absolute atomic E-state index is 0.148. The Kier molecular flexibility index (Phi) is 4.64. The topological polar surface area (TPSA) is 88.2 Å². The predicted molar refractivity (Wildman–Crippen MR) is 101 cm³/mol. The van der Waals surface area contributed by atoms with E-state index in [1.807, 2.05) is 10.9 Å². The van der Waals surface area contributed by atoms with Crippen molar-refractivity contribution in [2.45, 2.75) is 18.9 Å². The van der Waals surface area contributed by atoms with Gasteiger partial charge in [0, 0.05) is 18.5 Å². The van der Waals surface area contributed by atoms with E-state index in [2.05, 4.69) is 27.5 Å². The fourth-order valence-corrected chi connectivity index (χ4v) is 3.28. The second kappa shape index (κ2) is 7.24. The van der Waals surface area contributed by atoms with Crippen LogP contribution in [0.5, 0.6) is 5.75 Å². The van der Waals surface area contributed by atoms with Gasteiger partial charge in [-0.15, -0.1) is 0 Å². The number of hydrogen-bond donors (Lipinski definition) is 2. The Morgan fingerprint density at radius 1 is 1.19 bits per heavy atom. The van der Waals surface area contributed by atoms with Crippen molar-refractivity contribution >= 4 is 11.6 Å². The molecule has 3 heterocycles. The number of aromatic nitrogens is 4. The van der Waals surface area contributed by atoms with Gasteiger partial charge in [-0.05, 0) is 45.1 Å². The van der Waals surface area contributed by atoms with Crippen LogP contribution in [0.15, 0.2) is 49.1 Å². The summed E-state index contributed by atoms with van der Waals surface area (Å²) in [5.74, 6) is -0.0975. The zero-order valence-electron chi connectivity index (χ0n) is 15.1. The number of rotatable bonds is 4. The minimum atomic E-state index is -0.246. The first kappa shape index (κ1) is 17.3. The molecule has 0 radical (unpaired) electrons. The van der Waals surface area contributed by atoms with E-state index >= 15 is 0 Å². The van der Waals surface area contributed by atoms with Crippen molar-refractivity contribution in [1.82, 2.24) is 24.5 Å². The zero-order valence-corrected chi connectivity index (χ0v) is 15.1. The number of piperidine rings is 1. The molecule has 140 valence electrons. The van der Waals surface area contributed by atoms with Gasteiger partial charge in [-0.2, -0.15) is 10.2 Å². The molecule has 0 saturated carbocycles. The number of hydrogen-bond acceptors (Lipinski definition) is 5. The molecule has 0 atom stereocenters. The average Bonchev–Trinajstić information content (AvgIpc) is 3.32. The molecule has 1 aromatic carbocycles. The lowest BCUT2D eigenvalue weighted by Crippen LogP contribution is -2.31. The smallest absolute Gasteiger partial charge is 0.258 e. The lowest BCUT2D eigenvalue weighted by Gasteiger charge is -2.28. The van der Waals surface area contributed by atoms with Crippen molar-refractivity contribution in [2.24, 2.45) is 0 Å². The summed E-state index contributed by atoms with van der Waals surface area (Å²) in [6.45, 7) is 2.11. The molecule has 1 saturated heterocycles. The highest BCUT2D eigenvalue weighted by atomic mass is 16.3. The number of amides is 1. The molecule has 8 heteroatoms. The molecule has 27 heavy (non-hydrogen) atoms. The molecule has 8 nitrogen and oxygen atoms in total. The Balaban J connectivity index is 1.43. The van der Waals surface area contributed by atoms with Crippen molar-refractivity contribution in [3.63, 3.8) is 0 Å². The fourth-order valence-electron chi connectivity index (χ4n) is 3.28. The van der Waals surface area contributed by atoms with E-state index in [0.717, 1.165) is 25.9 Å². The molecule has 4 rings (SSSR count). The maximum absolute atomic E-state index is 12.5. The molecule has 1 aliphatic rings. The number of carbonyl (C=O) groups is 1. The van der Waals surface area contributed by atoms with E-state index in [1.165, 1.54) is 6.20 Å². The summed E-state index contributed by atoms with van der Waals surface area (Å²) < 4.78 is 3.50. The molecule has 3 aromatic rings. The molecule has 1 amide bonds. The monoisotopic (exact) mass is 366 g/mol. The van der Waals surface area contributed by atoms with E-state index < -0.39 is 0 Å². The number of phenols is 1. The van der Waals surface area contributed by atoms with Gasteiger partial charge in [-0.1, -0.05) is 6.07 Å². The summed E-state index contributed by atoms with van der Waals surface area (Å²) in [7, 11) is 2.13. The third kappa shape index (κ3) is 3.85. The van der Waals surface area contributed by atoms with Crippen LogP contribution in [0.2, 0.25) is 0 Å². The third-order valence-corrected chi connectivity index (χ3v) is 4.86. The van der Waals surface area contributed by atoms with Gasteiger partial charge in [0.25, 0.3) is 5.91 Å². The first-order chi connectivity index (χ1) is 13.1. The maximum Gasteiger partial charge on any atom is 0.258 e. The highest BCUT2D eigenvalue weighted by Gasteiger charge is 2.19. The van der Waals surface area contributed by atoms with E-state index in [0.29, 0.717) is 23.0 Å². The molecular formula is C19H22N6O2. The van der Waals surface area contributed by atoms with Gasteiger partial charge in [-0.25, -0.2) is 4.68 Å². The lowest BCUT2D eigenvalue weighted by molar-refractivity contribution is 0.102. The van der Waals surface area contributed by atoms with Crippen molar-refractivity contribution in [3.05, 3.63) is 54.6 Å². The summed E-state index contributed by atoms with van der Waals surface area (Å²) in [6, 6.07) is 7.08. The number of anilines is 1. The normalized spacial score (nSPS) is 15.7. The second-order valence-electron chi connectivity index (χ2n) is 6.89. The van der Waals surface area contributed by atoms with E-state index in [4.69, 9.17) is 0 Å². The van der Waals surface area contributed by atoms with Crippen LogP contribution < -0.4 is 5.32 Å². The summed E-state index contributed by atoms with van der Waals surface area (Å²) in [6.07, 6.45) is 8.81.